The van der Waals surface area contributed by atoms with Crippen LogP contribution in [0.4, 0.5) is 5.69 Å². The molecule has 2 atom stereocenters. The number of anilines is 1. The van der Waals surface area contributed by atoms with Gasteiger partial charge in [0, 0.05) is 51.2 Å². The van der Waals surface area contributed by atoms with E-state index >= 15 is 0 Å². The van der Waals surface area contributed by atoms with Crippen molar-refractivity contribution < 1.29 is 4.74 Å². The molecule has 0 radical (unpaired) electrons. The van der Waals surface area contributed by atoms with Crippen LogP contribution < -0.4 is 4.90 Å². The molecule has 2 saturated heterocycles. The first-order valence-corrected chi connectivity index (χ1v) is 8.78. The van der Waals surface area contributed by atoms with Crippen molar-refractivity contribution in [2.75, 3.05) is 31.1 Å². The molecule has 2 aliphatic heterocycles. The molecule has 4 rings (SSSR count). The zero-order valence-electron chi connectivity index (χ0n) is 14.2. The highest BCUT2D eigenvalue weighted by Gasteiger charge is 2.34. The fraction of sp³-hybridized carbons (Fsp3) is 0.556. The first-order chi connectivity index (χ1) is 11.8. The number of likely N-dealkylation sites (tertiary alicyclic amines) is 1. The quantitative estimate of drug-likeness (QED) is 0.858. The summed E-state index contributed by atoms with van der Waals surface area (Å²) in [5.41, 5.74) is 2.50. The Bertz CT molecular complexity index is 658. The minimum absolute atomic E-state index is 0.317. The van der Waals surface area contributed by atoms with Crippen molar-refractivity contribution in [1.82, 2.24) is 19.7 Å². The number of aryl methyl sites for hydroxylation is 1. The predicted molar refractivity (Wildman–Crippen MR) is 92.8 cm³/mol. The molecule has 0 N–H and O–H groups in total. The van der Waals surface area contributed by atoms with Crippen molar-refractivity contribution in [3.8, 4) is 0 Å². The Hall–Kier alpha value is -1.92. The number of morpholine rings is 1. The number of fused-ring (bicyclic) bond motifs is 1. The van der Waals surface area contributed by atoms with Crippen LogP contribution in [0, 0.1) is 0 Å². The fourth-order valence-corrected chi connectivity index (χ4v) is 3.95. The second kappa shape index (κ2) is 6.91. The standard InChI is InChI=1S/C18H25N5O/c1-21-13-15(11-20-21)14-22-7-4-17-18(5-8-22)24-10-9-23(17)16-3-2-6-19-12-16/h2-3,6,11-13,17-18H,4-5,7-10,14H2,1H3. The zero-order valence-corrected chi connectivity index (χ0v) is 14.2. The van der Waals surface area contributed by atoms with Gasteiger partial charge < -0.3 is 9.64 Å². The van der Waals surface area contributed by atoms with Crippen LogP contribution in [0.1, 0.15) is 18.4 Å². The van der Waals surface area contributed by atoms with Gasteiger partial charge in [-0.3, -0.25) is 14.6 Å². The Kier molecular flexibility index (Phi) is 4.49. The average molecular weight is 327 g/mol. The summed E-state index contributed by atoms with van der Waals surface area (Å²) in [5.74, 6) is 0. The smallest absolute Gasteiger partial charge is 0.0791 e. The number of rotatable bonds is 3. The number of ether oxygens (including phenoxy) is 1. The van der Waals surface area contributed by atoms with Gasteiger partial charge in [0.05, 0.1) is 36.8 Å². The fourth-order valence-electron chi connectivity index (χ4n) is 3.95. The molecule has 2 aromatic rings. The summed E-state index contributed by atoms with van der Waals surface area (Å²) in [6.07, 6.45) is 10.4. The largest absolute Gasteiger partial charge is 0.374 e. The molecule has 6 nitrogen and oxygen atoms in total. The molecule has 2 aromatic heterocycles. The van der Waals surface area contributed by atoms with Crippen molar-refractivity contribution in [3.05, 3.63) is 42.5 Å². The lowest BCUT2D eigenvalue weighted by Crippen LogP contribution is -2.51. The molecule has 128 valence electrons. The van der Waals surface area contributed by atoms with Crippen LogP contribution in [-0.4, -0.2) is 58.1 Å². The van der Waals surface area contributed by atoms with Gasteiger partial charge in [-0.05, 0) is 25.0 Å². The first-order valence-electron chi connectivity index (χ1n) is 8.78. The number of pyridine rings is 1. The van der Waals surface area contributed by atoms with Gasteiger partial charge in [0.2, 0.25) is 0 Å². The summed E-state index contributed by atoms with van der Waals surface area (Å²) >= 11 is 0. The van der Waals surface area contributed by atoms with E-state index in [1.165, 1.54) is 11.3 Å². The third kappa shape index (κ3) is 3.30. The van der Waals surface area contributed by atoms with Crippen molar-refractivity contribution in [1.29, 1.82) is 0 Å². The van der Waals surface area contributed by atoms with Crippen LogP contribution in [0.2, 0.25) is 0 Å². The van der Waals surface area contributed by atoms with Crippen molar-refractivity contribution in [2.45, 2.75) is 31.5 Å². The Balaban J connectivity index is 1.45. The maximum Gasteiger partial charge on any atom is 0.0791 e. The first kappa shape index (κ1) is 15.6. The van der Waals surface area contributed by atoms with E-state index in [0.717, 1.165) is 45.6 Å². The number of aromatic nitrogens is 3. The second-order valence-electron chi connectivity index (χ2n) is 6.76. The van der Waals surface area contributed by atoms with Crippen molar-refractivity contribution in [3.63, 3.8) is 0 Å². The maximum atomic E-state index is 6.11. The highest BCUT2D eigenvalue weighted by atomic mass is 16.5. The Labute approximate surface area is 143 Å². The normalized spacial score (nSPS) is 25.3. The Morgan fingerprint density at radius 2 is 2.12 bits per heavy atom. The molecule has 2 unspecified atom stereocenters. The minimum Gasteiger partial charge on any atom is -0.374 e. The lowest BCUT2D eigenvalue weighted by atomic mass is 10.0. The van der Waals surface area contributed by atoms with E-state index in [2.05, 4.69) is 32.1 Å². The summed E-state index contributed by atoms with van der Waals surface area (Å²) in [6, 6.07) is 4.63. The third-order valence-corrected chi connectivity index (χ3v) is 5.11. The van der Waals surface area contributed by atoms with Crippen LogP contribution in [0.15, 0.2) is 36.9 Å². The Morgan fingerprint density at radius 3 is 2.92 bits per heavy atom. The van der Waals surface area contributed by atoms with E-state index in [9.17, 15) is 0 Å². The minimum atomic E-state index is 0.317. The van der Waals surface area contributed by atoms with Gasteiger partial charge in [0.25, 0.3) is 0 Å². The van der Waals surface area contributed by atoms with E-state index in [0.29, 0.717) is 12.1 Å². The highest BCUT2D eigenvalue weighted by Crippen LogP contribution is 2.28. The number of nitrogens with zero attached hydrogens (tertiary/aromatic N) is 5. The van der Waals surface area contributed by atoms with Gasteiger partial charge >= 0.3 is 0 Å². The monoisotopic (exact) mass is 327 g/mol. The lowest BCUT2D eigenvalue weighted by molar-refractivity contribution is 0.00893. The molecule has 0 aliphatic carbocycles. The van der Waals surface area contributed by atoms with Gasteiger partial charge in [-0.2, -0.15) is 5.10 Å². The molecule has 0 aromatic carbocycles. The van der Waals surface area contributed by atoms with Crippen molar-refractivity contribution >= 4 is 5.69 Å². The third-order valence-electron chi connectivity index (χ3n) is 5.11. The molecular weight excluding hydrogens is 302 g/mol. The Morgan fingerprint density at radius 1 is 1.21 bits per heavy atom. The van der Waals surface area contributed by atoms with E-state index in [4.69, 9.17) is 4.74 Å². The molecule has 4 heterocycles. The summed E-state index contributed by atoms with van der Waals surface area (Å²) in [6.45, 7) is 4.90. The van der Waals surface area contributed by atoms with E-state index in [1.54, 1.807) is 0 Å². The molecule has 2 aliphatic rings. The number of hydrogen-bond acceptors (Lipinski definition) is 5. The van der Waals surface area contributed by atoms with Gasteiger partial charge in [-0.25, -0.2) is 0 Å². The molecule has 24 heavy (non-hydrogen) atoms. The molecule has 6 heteroatoms. The van der Waals surface area contributed by atoms with Gasteiger partial charge in [-0.15, -0.1) is 0 Å². The topological polar surface area (TPSA) is 46.4 Å². The summed E-state index contributed by atoms with van der Waals surface area (Å²) < 4.78 is 7.99. The SMILES string of the molecule is Cn1cc(CN2CCC3OCCN(c4cccnc4)C3CC2)cn1. The predicted octanol–water partition coefficient (Wildman–Crippen LogP) is 1.68. The molecule has 0 amide bonds. The van der Waals surface area contributed by atoms with E-state index in [1.807, 2.05) is 36.4 Å². The van der Waals surface area contributed by atoms with E-state index < -0.39 is 0 Å². The zero-order chi connectivity index (χ0) is 16.4. The van der Waals surface area contributed by atoms with Crippen LogP contribution in [-0.2, 0) is 18.3 Å². The molecule has 0 bridgehead atoms. The lowest BCUT2D eigenvalue weighted by Gasteiger charge is -2.41. The van der Waals surface area contributed by atoms with Gasteiger partial charge in [-0.1, -0.05) is 0 Å². The molecule has 2 fully saturated rings. The van der Waals surface area contributed by atoms with Crippen LogP contribution in [0.25, 0.3) is 0 Å². The molecular formula is C18H25N5O. The maximum absolute atomic E-state index is 6.11. The second-order valence-corrected chi connectivity index (χ2v) is 6.76. The summed E-state index contributed by atoms with van der Waals surface area (Å²) in [5, 5.41) is 4.28. The van der Waals surface area contributed by atoms with E-state index in [-0.39, 0.29) is 0 Å². The summed E-state index contributed by atoms with van der Waals surface area (Å²) in [4.78, 5) is 9.31. The molecule has 0 spiro atoms. The summed E-state index contributed by atoms with van der Waals surface area (Å²) in [7, 11) is 1.97. The van der Waals surface area contributed by atoms with Crippen LogP contribution in [0.5, 0.6) is 0 Å². The highest BCUT2D eigenvalue weighted by molar-refractivity contribution is 5.45. The number of hydrogen-bond donors (Lipinski definition) is 0. The van der Waals surface area contributed by atoms with Crippen molar-refractivity contribution in [2.24, 2.45) is 7.05 Å². The van der Waals surface area contributed by atoms with Gasteiger partial charge in [0.1, 0.15) is 0 Å². The van der Waals surface area contributed by atoms with Gasteiger partial charge in [0.15, 0.2) is 0 Å². The molecule has 0 saturated carbocycles. The van der Waals surface area contributed by atoms with Crippen LogP contribution >= 0.6 is 0 Å². The van der Waals surface area contributed by atoms with Crippen LogP contribution in [0.3, 0.4) is 0 Å². The average Bonchev–Trinajstić information content (AvgIpc) is 2.91.